The van der Waals surface area contributed by atoms with Crippen molar-refractivity contribution >= 4 is 12.2 Å². The van der Waals surface area contributed by atoms with Gasteiger partial charge in [0.25, 0.3) is 0 Å². The van der Waals surface area contributed by atoms with Gasteiger partial charge in [-0.2, -0.15) is 5.26 Å². The first-order valence-corrected chi connectivity index (χ1v) is 6.13. The fourth-order valence-corrected chi connectivity index (χ4v) is 2.08. The Morgan fingerprint density at radius 3 is 2.74 bits per heavy atom. The molecule has 2 aromatic rings. The molecule has 19 heavy (non-hydrogen) atoms. The molecule has 5 heteroatoms. The average Bonchev–Trinajstić information content (AvgIpc) is 2.42. The van der Waals surface area contributed by atoms with Gasteiger partial charge in [0.15, 0.2) is 0 Å². The van der Waals surface area contributed by atoms with E-state index in [2.05, 4.69) is 16.0 Å². The molecule has 1 aromatic heterocycles. The van der Waals surface area contributed by atoms with Crippen molar-refractivity contribution in [3.05, 3.63) is 39.8 Å². The van der Waals surface area contributed by atoms with Crippen LogP contribution in [0, 0.1) is 29.8 Å². The minimum atomic E-state index is 0.538. The number of H-pyrrole nitrogens is 1. The molecule has 0 aliphatic rings. The molecule has 0 saturated carbocycles. The van der Waals surface area contributed by atoms with Crippen molar-refractivity contribution < 1.29 is 4.74 Å². The van der Waals surface area contributed by atoms with Crippen LogP contribution in [0.1, 0.15) is 17.0 Å². The minimum absolute atomic E-state index is 0.538. The number of rotatable bonds is 2. The van der Waals surface area contributed by atoms with Crippen molar-refractivity contribution in [1.82, 2.24) is 9.97 Å². The topological polar surface area (TPSA) is 61.7 Å². The summed E-state index contributed by atoms with van der Waals surface area (Å²) in [4.78, 5) is 7.61. The first-order chi connectivity index (χ1) is 9.06. The number of nitrogens with one attached hydrogen (secondary N) is 1. The van der Waals surface area contributed by atoms with E-state index in [-0.39, 0.29) is 0 Å². The Hall–Kier alpha value is -2.19. The van der Waals surface area contributed by atoms with Gasteiger partial charge in [0.2, 0.25) is 0 Å². The second-order valence-corrected chi connectivity index (χ2v) is 4.56. The Kier molecular flexibility index (Phi) is 3.63. The molecular formula is C14H13N3OS. The number of methoxy groups -OCH3 is 1. The molecule has 1 aromatic carbocycles. The van der Waals surface area contributed by atoms with Crippen LogP contribution in [0.4, 0.5) is 0 Å². The van der Waals surface area contributed by atoms with Crippen molar-refractivity contribution in [3.63, 3.8) is 0 Å². The number of nitriles is 1. The Bertz CT molecular complexity index is 728. The SMILES string of the molecule is COc1ccc(C#N)cc1-c1nc(C)c(C)[nH]c1=S. The standard InChI is InChI=1S/C14H13N3OS/c1-8-9(2)17-14(19)13(16-8)11-6-10(7-15)4-5-12(11)18-3/h4-6H,1-3H3,(H,17,19). The van der Waals surface area contributed by atoms with E-state index < -0.39 is 0 Å². The van der Waals surface area contributed by atoms with E-state index >= 15 is 0 Å². The van der Waals surface area contributed by atoms with Gasteiger partial charge >= 0.3 is 0 Å². The van der Waals surface area contributed by atoms with E-state index in [1.54, 1.807) is 25.3 Å². The van der Waals surface area contributed by atoms with Gasteiger partial charge in [-0.25, -0.2) is 4.98 Å². The third-order valence-electron chi connectivity index (χ3n) is 2.92. The Labute approximate surface area is 116 Å². The van der Waals surface area contributed by atoms with Crippen LogP contribution in [0.25, 0.3) is 11.3 Å². The molecule has 1 N–H and O–H groups in total. The summed E-state index contributed by atoms with van der Waals surface area (Å²) in [5, 5.41) is 9.00. The van der Waals surface area contributed by atoms with Crippen LogP contribution in [0.2, 0.25) is 0 Å². The van der Waals surface area contributed by atoms with Crippen molar-refractivity contribution in [3.8, 4) is 23.1 Å². The quantitative estimate of drug-likeness (QED) is 0.851. The maximum absolute atomic E-state index is 9.00. The van der Waals surface area contributed by atoms with Crippen LogP contribution < -0.4 is 4.74 Å². The summed E-state index contributed by atoms with van der Waals surface area (Å²) < 4.78 is 5.85. The monoisotopic (exact) mass is 271 g/mol. The molecule has 1 heterocycles. The molecule has 0 bridgehead atoms. The molecule has 4 nitrogen and oxygen atoms in total. The van der Waals surface area contributed by atoms with Crippen LogP contribution in [0.3, 0.4) is 0 Å². The van der Waals surface area contributed by atoms with Crippen LogP contribution in [-0.2, 0) is 0 Å². The predicted molar refractivity (Wildman–Crippen MR) is 75.6 cm³/mol. The maximum atomic E-state index is 9.00. The lowest BCUT2D eigenvalue weighted by molar-refractivity contribution is 0.416. The number of benzene rings is 1. The summed E-state index contributed by atoms with van der Waals surface area (Å²) >= 11 is 5.31. The van der Waals surface area contributed by atoms with Gasteiger partial charge in [0.1, 0.15) is 16.1 Å². The number of aryl methyl sites for hydroxylation is 2. The number of aromatic nitrogens is 2. The van der Waals surface area contributed by atoms with E-state index in [1.165, 1.54) is 0 Å². The summed E-state index contributed by atoms with van der Waals surface area (Å²) in [5.74, 6) is 0.647. The van der Waals surface area contributed by atoms with Crippen molar-refractivity contribution in [1.29, 1.82) is 5.26 Å². The number of nitrogens with zero attached hydrogens (tertiary/aromatic N) is 2. The van der Waals surface area contributed by atoms with Gasteiger partial charge in [-0.05, 0) is 32.0 Å². The first-order valence-electron chi connectivity index (χ1n) is 5.73. The average molecular weight is 271 g/mol. The smallest absolute Gasteiger partial charge is 0.130 e. The van der Waals surface area contributed by atoms with Crippen LogP contribution in [0.5, 0.6) is 5.75 Å². The fourth-order valence-electron chi connectivity index (χ4n) is 1.77. The Balaban J connectivity index is 2.74. The normalized spacial score (nSPS) is 10.0. The van der Waals surface area contributed by atoms with Crippen LogP contribution in [0.15, 0.2) is 18.2 Å². The Morgan fingerprint density at radius 1 is 1.37 bits per heavy atom. The zero-order chi connectivity index (χ0) is 14.0. The summed E-state index contributed by atoms with van der Waals surface area (Å²) in [6.07, 6.45) is 0. The summed E-state index contributed by atoms with van der Waals surface area (Å²) in [7, 11) is 1.58. The van der Waals surface area contributed by atoms with E-state index in [0.29, 0.717) is 21.6 Å². The number of hydrogen-bond acceptors (Lipinski definition) is 4. The van der Waals surface area contributed by atoms with E-state index in [4.69, 9.17) is 22.2 Å². The van der Waals surface area contributed by atoms with Crippen LogP contribution >= 0.6 is 12.2 Å². The second-order valence-electron chi connectivity index (χ2n) is 4.15. The van der Waals surface area contributed by atoms with Gasteiger partial charge in [0.05, 0.1) is 24.4 Å². The van der Waals surface area contributed by atoms with Crippen molar-refractivity contribution in [2.24, 2.45) is 0 Å². The van der Waals surface area contributed by atoms with E-state index in [9.17, 15) is 0 Å². The van der Waals surface area contributed by atoms with Gasteiger partial charge in [0, 0.05) is 11.3 Å². The molecule has 0 fully saturated rings. The number of ether oxygens (including phenoxy) is 1. The van der Waals surface area contributed by atoms with E-state index in [0.717, 1.165) is 17.0 Å². The predicted octanol–water partition coefficient (Wildman–Crippen LogP) is 3.30. The molecule has 96 valence electrons. The number of hydrogen-bond donors (Lipinski definition) is 1. The van der Waals surface area contributed by atoms with Gasteiger partial charge in [-0.1, -0.05) is 12.2 Å². The third-order valence-corrected chi connectivity index (χ3v) is 3.22. The van der Waals surface area contributed by atoms with E-state index in [1.807, 2.05) is 13.8 Å². The van der Waals surface area contributed by atoms with Crippen molar-refractivity contribution in [2.75, 3.05) is 7.11 Å². The highest BCUT2D eigenvalue weighted by Crippen LogP contribution is 2.30. The molecular weight excluding hydrogens is 258 g/mol. The fraction of sp³-hybridized carbons (Fsp3) is 0.214. The molecule has 2 rings (SSSR count). The van der Waals surface area contributed by atoms with Gasteiger partial charge in [-0.3, -0.25) is 0 Å². The zero-order valence-corrected chi connectivity index (χ0v) is 11.8. The lowest BCUT2D eigenvalue weighted by Gasteiger charge is -2.10. The summed E-state index contributed by atoms with van der Waals surface area (Å²) in [6, 6.07) is 7.30. The number of aromatic amines is 1. The zero-order valence-electron chi connectivity index (χ0n) is 10.9. The highest BCUT2D eigenvalue weighted by Gasteiger charge is 2.12. The molecule has 0 aliphatic heterocycles. The lowest BCUT2D eigenvalue weighted by atomic mass is 10.1. The maximum Gasteiger partial charge on any atom is 0.130 e. The van der Waals surface area contributed by atoms with Gasteiger partial charge < -0.3 is 9.72 Å². The highest BCUT2D eigenvalue weighted by atomic mass is 32.1. The molecule has 0 amide bonds. The molecule has 0 saturated heterocycles. The molecule has 0 atom stereocenters. The van der Waals surface area contributed by atoms with Gasteiger partial charge in [-0.15, -0.1) is 0 Å². The third kappa shape index (κ3) is 2.49. The molecule has 0 aliphatic carbocycles. The molecule has 0 unspecified atom stereocenters. The highest BCUT2D eigenvalue weighted by molar-refractivity contribution is 7.71. The van der Waals surface area contributed by atoms with Crippen LogP contribution in [-0.4, -0.2) is 17.1 Å². The second kappa shape index (κ2) is 5.21. The van der Waals surface area contributed by atoms with Crippen molar-refractivity contribution in [2.45, 2.75) is 13.8 Å². The summed E-state index contributed by atoms with van der Waals surface area (Å²) in [6.45, 7) is 3.83. The lowest BCUT2D eigenvalue weighted by Crippen LogP contribution is -1.98. The largest absolute Gasteiger partial charge is 0.496 e. The molecule has 0 radical (unpaired) electrons. The molecule has 0 spiro atoms. The first kappa shape index (κ1) is 13.2. The Morgan fingerprint density at radius 2 is 2.11 bits per heavy atom. The minimum Gasteiger partial charge on any atom is -0.496 e. The summed E-state index contributed by atoms with van der Waals surface area (Å²) in [5.41, 5.74) is 3.71.